The summed E-state index contributed by atoms with van der Waals surface area (Å²) in [6.45, 7) is 3.12. The Morgan fingerprint density at radius 2 is 1.93 bits per heavy atom. The van der Waals surface area contributed by atoms with Crippen LogP contribution in [-0.4, -0.2) is 45.2 Å². The molecule has 0 aliphatic heterocycles. The molecule has 7 atom stereocenters. The number of hydrogen-bond donors (Lipinski definition) is 3. The number of carbonyl (C=O) groups is 2. The molecule has 0 amide bonds. The molecule has 150 valence electrons. The van der Waals surface area contributed by atoms with Gasteiger partial charge in [0.25, 0.3) is 0 Å². The van der Waals surface area contributed by atoms with Crippen molar-refractivity contribution in [3.8, 4) is 0 Å². The summed E-state index contributed by atoms with van der Waals surface area (Å²) >= 11 is 0. The van der Waals surface area contributed by atoms with E-state index in [2.05, 4.69) is 0 Å². The number of ketones is 2. The van der Waals surface area contributed by atoms with Crippen LogP contribution in [0.25, 0.3) is 0 Å². The molecular formula is C21H29FO5. The minimum absolute atomic E-state index is 0.0328. The molecular weight excluding hydrogens is 351 g/mol. The Morgan fingerprint density at radius 3 is 2.59 bits per heavy atom. The first-order chi connectivity index (χ1) is 12.6. The van der Waals surface area contributed by atoms with Gasteiger partial charge in [0, 0.05) is 11.8 Å². The number of aliphatic hydroxyl groups is 3. The number of carbonyl (C=O) groups excluding carboxylic acids is 2. The number of fused-ring (bicyclic) bond motifs is 5. The molecule has 6 heteroatoms. The van der Waals surface area contributed by atoms with Gasteiger partial charge >= 0.3 is 0 Å². The molecule has 0 spiro atoms. The average Bonchev–Trinajstić information content (AvgIpc) is 2.89. The predicted octanol–water partition coefficient (Wildman–Crippen LogP) is 2.08. The van der Waals surface area contributed by atoms with Gasteiger partial charge in [-0.25, -0.2) is 4.39 Å². The number of aliphatic hydroxyl groups excluding tert-OH is 2. The Bertz CT molecular complexity index is 732. The summed E-state index contributed by atoms with van der Waals surface area (Å²) in [5.74, 6) is -1.69. The lowest BCUT2D eigenvalue weighted by molar-refractivity contribution is -0.182. The third-order valence-electron chi connectivity index (χ3n) is 8.74. The van der Waals surface area contributed by atoms with Gasteiger partial charge < -0.3 is 15.3 Å². The molecule has 0 bridgehead atoms. The SMILES string of the molecule is C[C@]12CCC(=O)C(F)=C1CC[C@@H]1[C@@H]2[C@@H](O)C[C@@]2(C)[C@H]1CC[C@]2(O)C(=O)CO. The van der Waals surface area contributed by atoms with Gasteiger partial charge in [0.1, 0.15) is 12.2 Å². The summed E-state index contributed by atoms with van der Waals surface area (Å²) in [6, 6.07) is 0. The monoisotopic (exact) mass is 380 g/mol. The topological polar surface area (TPSA) is 94.8 Å². The molecule has 0 aromatic rings. The zero-order valence-corrected chi connectivity index (χ0v) is 16.0. The normalized spacial score (nSPS) is 49.5. The highest BCUT2D eigenvalue weighted by molar-refractivity contribution is 5.95. The van der Waals surface area contributed by atoms with E-state index >= 15 is 0 Å². The first-order valence-electron chi connectivity index (χ1n) is 10.1. The number of rotatable bonds is 2. The molecule has 3 fully saturated rings. The van der Waals surface area contributed by atoms with Crippen LogP contribution in [0.2, 0.25) is 0 Å². The fourth-order valence-electron chi connectivity index (χ4n) is 7.37. The lowest BCUT2D eigenvalue weighted by Gasteiger charge is -2.60. The van der Waals surface area contributed by atoms with Crippen molar-refractivity contribution in [3.05, 3.63) is 11.4 Å². The second-order valence-corrected chi connectivity index (χ2v) is 9.64. The Balaban J connectivity index is 1.76. The van der Waals surface area contributed by atoms with E-state index in [4.69, 9.17) is 0 Å². The van der Waals surface area contributed by atoms with Crippen molar-refractivity contribution in [2.75, 3.05) is 6.61 Å². The molecule has 0 heterocycles. The Labute approximate surface area is 158 Å². The van der Waals surface area contributed by atoms with Crippen LogP contribution in [0, 0.1) is 28.6 Å². The van der Waals surface area contributed by atoms with E-state index in [-0.39, 0.29) is 37.0 Å². The summed E-state index contributed by atoms with van der Waals surface area (Å²) in [5.41, 5.74) is -2.41. The lowest BCUT2D eigenvalue weighted by Crippen LogP contribution is -2.62. The number of hydrogen-bond acceptors (Lipinski definition) is 5. The van der Waals surface area contributed by atoms with Crippen LogP contribution in [-0.2, 0) is 9.59 Å². The Morgan fingerprint density at radius 1 is 1.22 bits per heavy atom. The van der Waals surface area contributed by atoms with Gasteiger partial charge in [0.05, 0.1) is 6.10 Å². The van der Waals surface area contributed by atoms with Crippen molar-refractivity contribution < 1.29 is 29.3 Å². The van der Waals surface area contributed by atoms with Crippen molar-refractivity contribution in [2.24, 2.45) is 28.6 Å². The molecule has 4 rings (SSSR count). The minimum atomic E-state index is -1.62. The standard InChI is InChI=1S/C21H29FO5/c1-19-7-6-14(24)18(22)13(19)4-3-11-12-5-8-21(27,16(26)10-23)20(12,2)9-15(25)17(11)19/h11-12,15,17,23,25,27H,3-10H2,1-2H3/t11-,12-,15-,17+,19-,20-,21-/m0/s1. The highest BCUT2D eigenvalue weighted by Crippen LogP contribution is 2.68. The quantitative estimate of drug-likeness (QED) is 0.682. The molecule has 3 N–H and O–H groups in total. The van der Waals surface area contributed by atoms with E-state index in [1.807, 2.05) is 13.8 Å². The summed E-state index contributed by atoms with van der Waals surface area (Å²) in [4.78, 5) is 24.2. The number of Topliss-reactive ketones (excluding diaryl/α,β-unsaturated/α-hetero) is 2. The van der Waals surface area contributed by atoms with Crippen molar-refractivity contribution in [1.29, 1.82) is 0 Å². The zero-order chi connectivity index (χ0) is 19.8. The molecule has 27 heavy (non-hydrogen) atoms. The molecule has 0 unspecified atom stereocenters. The smallest absolute Gasteiger partial charge is 0.191 e. The highest BCUT2D eigenvalue weighted by atomic mass is 19.1. The second-order valence-electron chi connectivity index (χ2n) is 9.64. The molecule has 3 saturated carbocycles. The molecule has 4 aliphatic rings. The predicted molar refractivity (Wildman–Crippen MR) is 95.2 cm³/mol. The highest BCUT2D eigenvalue weighted by Gasteiger charge is 2.68. The molecule has 0 saturated heterocycles. The van der Waals surface area contributed by atoms with E-state index in [0.29, 0.717) is 31.3 Å². The van der Waals surface area contributed by atoms with Gasteiger partial charge in [0.2, 0.25) is 0 Å². The van der Waals surface area contributed by atoms with Crippen molar-refractivity contribution in [2.45, 2.75) is 70.5 Å². The minimum Gasteiger partial charge on any atom is -0.393 e. The van der Waals surface area contributed by atoms with Crippen molar-refractivity contribution in [3.63, 3.8) is 0 Å². The van der Waals surface area contributed by atoms with Crippen LogP contribution < -0.4 is 0 Å². The first kappa shape index (κ1) is 19.2. The maximum atomic E-state index is 14.6. The Kier molecular flexibility index (Phi) is 4.23. The van der Waals surface area contributed by atoms with Crippen LogP contribution in [0.3, 0.4) is 0 Å². The summed E-state index contributed by atoms with van der Waals surface area (Å²) in [7, 11) is 0. The van der Waals surface area contributed by atoms with Crippen LogP contribution >= 0.6 is 0 Å². The van der Waals surface area contributed by atoms with E-state index in [9.17, 15) is 29.3 Å². The van der Waals surface area contributed by atoms with E-state index in [1.165, 1.54) is 0 Å². The lowest BCUT2D eigenvalue weighted by atomic mass is 9.45. The van der Waals surface area contributed by atoms with Gasteiger partial charge in [-0.1, -0.05) is 13.8 Å². The second kappa shape index (κ2) is 5.94. The molecule has 0 aromatic carbocycles. The molecule has 4 aliphatic carbocycles. The summed E-state index contributed by atoms with van der Waals surface area (Å²) < 4.78 is 14.6. The average molecular weight is 380 g/mol. The van der Waals surface area contributed by atoms with Gasteiger partial charge in [0.15, 0.2) is 17.4 Å². The third kappa shape index (κ3) is 2.26. The molecule has 0 radical (unpaired) electrons. The number of halogens is 1. The van der Waals surface area contributed by atoms with Crippen molar-refractivity contribution >= 4 is 11.6 Å². The van der Waals surface area contributed by atoms with E-state index < -0.39 is 46.5 Å². The molecule has 0 aromatic heterocycles. The summed E-state index contributed by atoms with van der Waals surface area (Å²) in [6.07, 6.45) is 2.25. The van der Waals surface area contributed by atoms with Gasteiger partial charge in [-0.05, 0) is 67.3 Å². The van der Waals surface area contributed by atoms with Crippen LogP contribution in [0.15, 0.2) is 11.4 Å². The third-order valence-corrected chi connectivity index (χ3v) is 8.74. The van der Waals surface area contributed by atoms with E-state index in [0.717, 1.165) is 0 Å². The number of allylic oxidation sites excluding steroid dienone is 1. The van der Waals surface area contributed by atoms with Gasteiger partial charge in [-0.2, -0.15) is 0 Å². The largest absolute Gasteiger partial charge is 0.393 e. The molecule has 5 nitrogen and oxygen atoms in total. The van der Waals surface area contributed by atoms with Crippen LogP contribution in [0.4, 0.5) is 4.39 Å². The fourth-order valence-corrected chi connectivity index (χ4v) is 7.37. The fraction of sp³-hybridized carbons (Fsp3) is 0.810. The maximum absolute atomic E-state index is 14.6. The summed E-state index contributed by atoms with van der Waals surface area (Å²) in [5, 5.41) is 31.7. The van der Waals surface area contributed by atoms with E-state index in [1.54, 1.807) is 0 Å². The van der Waals surface area contributed by atoms with Gasteiger partial charge in [-0.15, -0.1) is 0 Å². The maximum Gasteiger partial charge on any atom is 0.191 e. The van der Waals surface area contributed by atoms with Gasteiger partial charge in [-0.3, -0.25) is 9.59 Å². The zero-order valence-electron chi connectivity index (χ0n) is 16.0. The van der Waals surface area contributed by atoms with Crippen molar-refractivity contribution in [1.82, 2.24) is 0 Å². The van der Waals surface area contributed by atoms with Crippen LogP contribution in [0.5, 0.6) is 0 Å². The van der Waals surface area contributed by atoms with Crippen LogP contribution in [0.1, 0.15) is 58.8 Å². The first-order valence-corrected chi connectivity index (χ1v) is 10.1. The Hall–Kier alpha value is -1.11.